The van der Waals surface area contributed by atoms with Crippen LogP contribution in [0.2, 0.25) is 0 Å². The third kappa shape index (κ3) is 4.09. The summed E-state index contributed by atoms with van der Waals surface area (Å²) < 4.78 is 0. The van der Waals surface area contributed by atoms with E-state index in [1.807, 2.05) is 30.3 Å². The maximum atomic E-state index is 12.3. The van der Waals surface area contributed by atoms with Gasteiger partial charge in [-0.15, -0.1) is 0 Å². The number of benzene rings is 1. The number of hydrogen-bond donors (Lipinski definition) is 2. The van der Waals surface area contributed by atoms with Gasteiger partial charge < -0.3 is 15.3 Å². The van der Waals surface area contributed by atoms with Crippen molar-refractivity contribution < 1.29 is 19.5 Å². The van der Waals surface area contributed by atoms with Crippen LogP contribution in [-0.4, -0.2) is 47.9 Å². The number of aliphatic carboxylic acids is 1. The normalized spacial score (nSPS) is 21.0. The molecule has 2 N–H and O–H groups in total. The fraction of sp³-hybridized carbons (Fsp3) is 0.471. The standard InChI is InChI=1S/C17H22N2O4/c1-19(2)16(21)14(10-11-6-4-3-5-7-11)18-15(20)12-8-9-13(12)17(22)23/h3-7,12-14H,8-10H2,1-2H3,(H,18,20)(H,22,23). The predicted molar refractivity (Wildman–Crippen MR) is 84.6 cm³/mol. The van der Waals surface area contributed by atoms with Crippen LogP contribution in [0.4, 0.5) is 0 Å². The number of rotatable bonds is 6. The van der Waals surface area contributed by atoms with E-state index in [0.29, 0.717) is 19.3 Å². The molecule has 1 fully saturated rings. The summed E-state index contributed by atoms with van der Waals surface area (Å²) in [4.78, 5) is 37.1. The molecule has 6 heteroatoms. The number of carboxylic acid groups (broad SMARTS) is 1. The number of likely N-dealkylation sites (N-methyl/N-ethyl adjacent to an activating group) is 1. The second kappa shape index (κ2) is 7.26. The van der Waals surface area contributed by atoms with Gasteiger partial charge in [0.05, 0.1) is 11.8 Å². The van der Waals surface area contributed by atoms with Crippen molar-refractivity contribution in [2.75, 3.05) is 14.1 Å². The second-order valence-electron chi connectivity index (χ2n) is 6.11. The molecule has 2 amide bonds. The summed E-state index contributed by atoms with van der Waals surface area (Å²) in [5.74, 6) is -2.68. The predicted octanol–water partition coefficient (Wildman–Crippen LogP) is 0.913. The van der Waals surface area contributed by atoms with Gasteiger partial charge in [-0.3, -0.25) is 14.4 Å². The molecule has 0 saturated heterocycles. The Morgan fingerprint density at radius 2 is 1.78 bits per heavy atom. The zero-order chi connectivity index (χ0) is 17.0. The maximum Gasteiger partial charge on any atom is 0.307 e. The minimum atomic E-state index is -0.949. The molecule has 0 aliphatic heterocycles. The molecule has 0 spiro atoms. The lowest BCUT2D eigenvalue weighted by Gasteiger charge is -2.33. The van der Waals surface area contributed by atoms with Crippen molar-refractivity contribution in [1.29, 1.82) is 0 Å². The quantitative estimate of drug-likeness (QED) is 0.816. The van der Waals surface area contributed by atoms with Crippen LogP contribution in [-0.2, 0) is 20.8 Å². The highest BCUT2D eigenvalue weighted by molar-refractivity contribution is 5.91. The molecule has 0 aromatic heterocycles. The number of carbonyl (C=O) groups is 3. The van der Waals surface area contributed by atoms with Gasteiger partial charge in [0.15, 0.2) is 0 Å². The smallest absolute Gasteiger partial charge is 0.307 e. The summed E-state index contributed by atoms with van der Waals surface area (Å²) in [6, 6.07) is 8.74. The van der Waals surface area contributed by atoms with E-state index in [4.69, 9.17) is 5.11 Å². The lowest BCUT2D eigenvalue weighted by atomic mass is 9.73. The Balaban J connectivity index is 2.07. The van der Waals surface area contributed by atoms with Crippen molar-refractivity contribution in [2.24, 2.45) is 11.8 Å². The van der Waals surface area contributed by atoms with Crippen molar-refractivity contribution in [1.82, 2.24) is 10.2 Å². The zero-order valence-electron chi connectivity index (χ0n) is 13.4. The molecule has 6 nitrogen and oxygen atoms in total. The third-order valence-corrected chi connectivity index (χ3v) is 4.27. The van der Waals surface area contributed by atoms with Crippen LogP contribution in [0.1, 0.15) is 18.4 Å². The Labute approximate surface area is 135 Å². The SMILES string of the molecule is CN(C)C(=O)C(Cc1ccccc1)NC(=O)C1CCC1C(=O)O. The number of amides is 2. The van der Waals surface area contributed by atoms with Crippen LogP contribution in [0.15, 0.2) is 30.3 Å². The monoisotopic (exact) mass is 318 g/mol. The van der Waals surface area contributed by atoms with Crippen molar-refractivity contribution in [3.63, 3.8) is 0 Å². The molecule has 1 aliphatic rings. The molecular weight excluding hydrogens is 296 g/mol. The average Bonchev–Trinajstić information content (AvgIpc) is 2.44. The molecule has 23 heavy (non-hydrogen) atoms. The molecule has 1 saturated carbocycles. The van der Waals surface area contributed by atoms with Gasteiger partial charge in [-0.05, 0) is 18.4 Å². The van der Waals surface area contributed by atoms with Crippen LogP contribution >= 0.6 is 0 Å². The first-order chi connectivity index (χ1) is 10.9. The number of carboxylic acids is 1. The van der Waals surface area contributed by atoms with Crippen molar-refractivity contribution in [3.05, 3.63) is 35.9 Å². The number of nitrogens with zero attached hydrogens (tertiary/aromatic N) is 1. The van der Waals surface area contributed by atoms with E-state index in [2.05, 4.69) is 5.32 Å². The van der Waals surface area contributed by atoms with E-state index in [-0.39, 0.29) is 11.8 Å². The summed E-state index contributed by atoms with van der Waals surface area (Å²) in [6.45, 7) is 0. The van der Waals surface area contributed by atoms with Gasteiger partial charge in [0.25, 0.3) is 0 Å². The Hall–Kier alpha value is -2.37. The zero-order valence-corrected chi connectivity index (χ0v) is 13.4. The highest BCUT2D eigenvalue weighted by atomic mass is 16.4. The summed E-state index contributed by atoms with van der Waals surface area (Å²) in [7, 11) is 3.27. The highest BCUT2D eigenvalue weighted by Crippen LogP contribution is 2.34. The largest absolute Gasteiger partial charge is 0.481 e. The first kappa shape index (κ1) is 17.0. The van der Waals surface area contributed by atoms with E-state index in [1.165, 1.54) is 4.90 Å². The molecule has 0 radical (unpaired) electrons. The summed E-state index contributed by atoms with van der Waals surface area (Å²) in [5, 5.41) is 11.8. The molecule has 1 aromatic rings. The fourth-order valence-corrected chi connectivity index (χ4v) is 2.75. The van der Waals surface area contributed by atoms with Crippen molar-refractivity contribution in [3.8, 4) is 0 Å². The Morgan fingerprint density at radius 1 is 1.17 bits per heavy atom. The van der Waals surface area contributed by atoms with E-state index in [0.717, 1.165) is 5.56 Å². The molecule has 1 aliphatic carbocycles. The summed E-state index contributed by atoms with van der Waals surface area (Å²) >= 11 is 0. The lowest BCUT2D eigenvalue weighted by Crippen LogP contribution is -2.52. The van der Waals surface area contributed by atoms with Gasteiger partial charge >= 0.3 is 5.97 Å². The average molecular weight is 318 g/mol. The third-order valence-electron chi connectivity index (χ3n) is 4.27. The Bertz CT molecular complexity index is 586. The molecular formula is C17H22N2O4. The Morgan fingerprint density at radius 3 is 2.26 bits per heavy atom. The highest BCUT2D eigenvalue weighted by Gasteiger charge is 2.42. The molecule has 0 heterocycles. The molecule has 124 valence electrons. The topological polar surface area (TPSA) is 86.7 Å². The summed E-state index contributed by atoms with van der Waals surface area (Å²) in [5.41, 5.74) is 0.941. The molecule has 2 rings (SSSR count). The fourth-order valence-electron chi connectivity index (χ4n) is 2.75. The van der Waals surface area contributed by atoms with Crippen molar-refractivity contribution in [2.45, 2.75) is 25.3 Å². The number of hydrogen-bond acceptors (Lipinski definition) is 3. The van der Waals surface area contributed by atoms with E-state index < -0.39 is 23.8 Å². The van der Waals surface area contributed by atoms with E-state index in [1.54, 1.807) is 14.1 Å². The first-order valence-electron chi connectivity index (χ1n) is 7.68. The van der Waals surface area contributed by atoms with Crippen LogP contribution in [0.3, 0.4) is 0 Å². The van der Waals surface area contributed by atoms with Gasteiger partial charge in [0, 0.05) is 20.5 Å². The lowest BCUT2D eigenvalue weighted by molar-refractivity contribution is -0.153. The minimum absolute atomic E-state index is 0.201. The second-order valence-corrected chi connectivity index (χ2v) is 6.11. The van der Waals surface area contributed by atoms with Crippen molar-refractivity contribution >= 4 is 17.8 Å². The minimum Gasteiger partial charge on any atom is -0.481 e. The molecule has 1 aromatic carbocycles. The van der Waals surface area contributed by atoms with E-state index in [9.17, 15) is 14.4 Å². The van der Waals surface area contributed by atoms with Gasteiger partial charge in [0.1, 0.15) is 6.04 Å². The van der Waals surface area contributed by atoms with Crippen LogP contribution in [0.25, 0.3) is 0 Å². The number of carbonyl (C=O) groups excluding carboxylic acids is 2. The van der Waals surface area contributed by atoms with Crippen LogP contribution < -0.4 is 5.32 Å². The van der Waals surface area contributed by atoms with Gasteiger partial charge in [-0.25, -0.2) is 0 Å². The molecule has 3 unspecified atom stereocenters. The van der Waals surface area contributed by atoms with Gasteiger partial charge in [-0.2, -0.15) is 0 Å². The van der Waals surface area contributed by atoms with Crippen LogP contribution in [0, 0.1) is 11.8 Å². The molecule has 3 atom stereocenters. The van der Waals surface area contributed by atoms with E-state index >= 15 is 0 Å². The molecule has 0 bridgehead atoms. The number of nitrogens with one attached hydrogen (secondary N) is 1. The first-order valence-corrected chi connectivity index (χ1v) is 7.68. The van der Waals surface area contributed by atoms with Gasteiger partial charge in [0.2, 0.25) is 11.8 Å². The maximum absolute atomic E-state index is 12.3. The van der Waals surface area contributed by atoms with Gasteiger partial charge in [-0.1, -0.05) is 30.3 Å². The summed E-state index contributed by atoms with van der Waals surface area (Å²) in [6.07, 6.45) is 1.45. The van der Waals surface area contributed by atoms with Crippen LogP contribution in [0.5, 0.6) is 0 Å². The Kier molecular flexibility index (Phi) is 5.36.